The molecule has 0 atom stereocenters. The number of likely N-dealkylation sites (tertiary alicyclic amines) is 1. The van der Waals surface area contributed by atoms with Crippen LogP contribution in [0.15, 0.2) is 54.6 Å². The molecule has 25 heavy (non-hydrogen) atoms. The zero-order valence-electron chi connectivity index (χ0n) is 14.4. The van der Waals surface area contributed by atoms with Crippen LogP contribution >= 0.6 is 0 Å². The minimum atomic E-state index is 0.0734. The topological polar surface area (TPSA) is 49.8 Å². The number of carbonyl (C=O) groups excluding carboxylic acids is 1. The van der Waals surface area contributed by atoms with Crippen LogP contribution in [-0.4, -0.2) is 41.7 Å². The molecule has 0 spiro atoms. The Kier molecular flexibility index (Phi) is 6.07. The van der Waals surface area contributed by atoms with Gasteiger partial charge in [0.25, 0.3) is 0 Å². The van der Waals surface area contributed by atoms with Crippen molar-refractivity contribution in [2.45, 2.75) is 31.8 Å². The van der Waals surface area contributed by atoms with Crippen LogP contribution in [0.3, 0.4) is 0 Å². The lowest BCUT2D eigenvalue weighted by Gasteiger charge is -2.32. The highest BCUT2D eigenvalue weighted by Crippen LogP contribution is 2.19. The first-order valence-corrected chi connectivity index (χ1v) is 8.92. The number of hydrogen-bond donors (Lipinski definition) is 1. The maximum atomic E-state index is 12.4. The summed E-state index contributed by atoms with van der Waals surface area (Å²) in [5.74, 6) is 0.263. The first-order valence-electron chi connectivity index (χ1n) is 8.92. The van der Waals surface area contributed by atoms with E-state index in [4.69, 9.17) is 4.74 Å². The van der Waals surface area contributed by atoms with Crippen molar-refractivity contribution in [1.82, 2.24) is 4.90 Å². The molecule has 1 N–H and O–H groups in total. The molecule has 0 aliphatic carbocycles. The largest absolute Gasteiger partial charge is 0.508 e. The quantitative estimate of drug-likeness (QED) is 0.879. The van der Waals surface area contributed by atoms with E-state index in [0.717, 1.165) is 39.0 Å². The summed E-state index contributed by atoms with van der Waals surface area (Å²) >= 11 is 0. The fourth-order valence-electron chi connectivity index (χ4n) is 3.20. The SMILES string of the molecule is O=C(Cc1ccccc1O)N1CCC(OCCc2ccccc2)CC1. The Labute approximate surface area is 149 Å². The Morgan fingerprint density at radius 1 is 1.04 bits per heavy atom. The van der Waals surface area contributed by atoms with Gasteiger partial charge < -0.3 is 14.7 Å². The first-order chi connectivity index (χ1) is 12.2. The number of nitrogens with zero attached hydrogens (tertiary/aromatic N) is 1. The number of hydrogen-bond acceptors (Lipinski definition) is 3. The number of para-hydroxylation sites is 1. The lowest BCUT2D eigenvalue weighted by molar-refractivity contribution is -0.133. The van der Waals surface area contributed by atoms with Crippen molar-refractivity contribution in [1.29, 1.82) is 0 Å². The van der Waals surface area contributed by atoms with Crippen LogP contribution in [0.4, 0.5) is 0 Å². The van der Waals surface area contributed by atoms with Gasteiger partial charge in [-0.25, -0.2) is 0 Å². The van der Waals surface area contributed by atoms with Crippen LogP contribution in [0.25, 0.3) is 0 Å². The molecule has 2 aromatic carbocycles. The molecule has 1 aliphatic heterocycles. The highest BCUT2D eigenvalue weighted by molar-refractivity contribution is 5.79. The summed E-state index contributed by atoms with van der Waals surface area (Å²) in [5, 5.41) is 9.80. The molecule has 0 radical (unpaired) electrons. The van der Waals surface area contributed by atoms with E-state index in [0.29, 0.717) is 5.56 Å². The molecular weight excluding hydrogens is 314 g/mol. The van der Waals surface area contributed by atoms with E-state index in [9.17, 15) is 9.90 Å². The smallest absolute Gasteiger partial charge is 0.227 e. The number of phenols is 1. The van der Waals surface area contributed by atoms with Crippen LogP contribution in [0.1, 0.15) is 24.0 Å². The fraction of sp³-hybridized carbons (Fsp3) is 0.381. The second kappa shape index (κ2) is 8.67. The normalized spacial score (nSPS) is 15.3. The molecule has 2 aromatic rings. The molecule has 3 rings (SSSR count). The lowest BCUT2D eigenvalue weighted by Crippen LogP contribution is -2.41. The Hall–Kier alpha value is -2.33. The Balaban J connectivity index is 1.39. The number of carbonyl (C=O) groups is 1. The number of ether oxygens (including phenoxy) is 1. The molecule has 132 valence electrons. The molecule has 1 aliphatic rings. The van der Waals surface area contributed by atoms with Crippen LogP contribution < -0.4 is 0 Å². The van der Waals surface area contributed by atoms with Gasteiger partial charge in [0.05, 0.1) is 19.1 Å². The average Bonchev–Trinajstić information content (AvgIpc) is 2.65. The summed E-state index contributed by atoms with van der Waals surface area (Å²) in [6.45, 7) is 2.17. The van der Waals surface area contributed by atoms with Gasteiger partial charge in [0.15, 0.2) is 0 Å². The Bertz CT molecular complexity index is 679. The maximum Gasteiger partial charge on any atom is 0.227 e. The van der Waals surface area contributed by atoms with Gasteiger partial charge >= 0.3 is 0 Å². The van der Waals surface area contributed by atoms with Crippen molar-refractivity contribution in [3.63, 3.8) is 0 Å². The van der Waals surface area contributed by atoms with Gasteiger partial charge in [-0.3, -0.25) is 4.79 Å². The van der Waals surface area contributed by atoms with Crippen molar-refractivity contribution in [2.24, 2.45) is 0 Å². The molecule has 0 unspecified atom stereocenters. The fourth-order valence-corrected chi connectivity index (χ4v) is 3.20. The molecule has 0 bridgehead atoms. The molecule has 4 heteroatoms. The molecule has 1 fully saturated rings. The third-order valence-electron chi connectivity index (χ3n) is 4.72. The summed E-state index contributed by atoms with van der Waals surface area (Å²) in [6, 6.07) is 17.4. The molecule has 1 heterocycles. The third-order valence-corrected chi connectivity index (χ3v) is 4.72. The number of phenolic OH excluding ortho intramolecular Hbond substituents is 1. The summed E-state index contributed by atoms with van der Waals surface area (Å²) in [4.78, 5) is 14.3. The van der Waals surface area contributed by atoms with E-state index < -0.39 is 0 Å². The number of benzene rings is 2. The summed E-state index contributed by atoms with van der Waals surface area (Å²) in [6.07, 6.45) is 3.17. The molecule has 1 saturated heterocycles. The lowest BCUT2D eigenvalue weighted by atomic mass is 10.1. The standard InChI is InChI=1S/C21H25NO3/c23-20-9-5-4-8-18(20)16-21(24)22-13-10-19(11-14-22)25-15-12-17-6-2-1-3-7-17/h1-9,19,23H,10-16H2. The highest BCUT2D eigenvalue weighted by Gasteiger charge is 2.23. The number of rotatable bonds is 6. The van der Waals surface area contributed by atoms with Crippen LogP contribution in [0.2, 0.25) is 0 Å². The number of aromatic hydroxyl groups is 1. The van der Waals surface area contributed by atoms with Gasteiger partial charge in [0, 0.05) is 18.7 Å². The van der Waals surface area contributed by atoms with Gasteiger partial charge in [0.1, 0.15) is 5.75 Å². The Morgan fingerprint density at radius 2 is 1.72 bits per heavy atom. The monoisotopic (exact) mass is 339 g/mol. The second-order valence-electron chi connectivity index (χ2n) is 6.49. The van der Waals surface area contributed by atoms with Crippen LogP contribution in [0.5, 0.6) is 5.75 Å². The van der Waals surface area contributed by atoms with Gasteiger partial charge in [-0.05, 0) is 30.9 Å². The minimum Gasteiger partial charge on any atom is -0.508 e. The number of piperidine rings is 1. The molecule has 4 nitrogen and oxygen atoms in total. The number of amides is 1. The summed E-state index contributed by atoms with van der Waals surface area (Å²) < 4.78 is 5.97. The van der Waals surface area contributed by atoms with Crippen molar-refractivity contribution < 1.29 is 14.6 Å². The first kappa shape index (κ1) is 17.5. The molecule has 0 aromatic heterocycles. The second-order valence-corrected chi connectivity index (χ2v) is 6.49. The van der Waals surface area contributed by atoms with E-state index in [2.05, 4.69) is 12.1 Å². The summed E-state index contributed by atoms with van der Waals surface area (Å²) in [5.41, 5.74) is 1.98. The molecular formula is C21H25NO3. The van der Waals surface area contributed by atoms with Gasteiger partial charge in [-0.15, -0.1) is 0 Å². The maximum absolute atomic E-state index is 12.4. The third kappa shape index (κ3) is 5.07. The van der Waals surface area contributed by atoms with Crippen LogP contribution in [-0.2, 0) is 22.4 Å². The van der Waals surface area contributed by atoms with E-state index >= 15 is 0 Å². The summed E-state index contributed by atoms with van der Waals surface area (Å²) in [7, 11) is 0. The van der Waals surface area contributed by atoms with Crippen molar-refractivity contribution in [3.05, 3.63) is 65.7 Å². The average molecular weight is 339 g/mol. The van der Waals surface area contributed by atoms with E-state index in [1.807, 2.05) is 29.2 Å². The molecule has 0 saturated carbocycles. The zero-order valence-corrected chi connectivity index (χ0v) is 14.4. The van der Waals surface area contributed by atoms with Crippen LogP contribution in [0, 0.1) is 0 Å². The van der Waals surface area contributed by atoms with Gasteiger partial charge in [-0.1, -0.05) is 48.5 Å². The Morgan fingerprint density at radius 3 is 2.44 bits per heavy atom. The van der Waals surface area contributed by atoms with Crippen molar-refractivity contribution >= 4 is 5.91 Å². The molecule has 1 amide bonds. The van der Waals surface area contributed by atoms with E-state index in [-0.39, 0.29) is 24.2 Å². The van der Waals surface area contributed by atoms with Crippen molar-refractivity contribution in [2.75, 3.05) is 19.7 Å². The minimum absolute atomic E-state index is 0.0734. The van der Waals surface area contributed by atoms with E-state index in [1.54, 1.807) is 18.2 Å². The predicted molar refractivity (Wildman–Crippen MR) is 97.5 cm³/mol. The van der Waals surface area contributed by atoms with E-state index in [1.165, 1.54) is 5.56 Å². The van der Waals surface area contributed by atoms with Gasteiger partial charge in [0.2, 0.25) is 5.91 Å². The van der Waals surface area contributed by atoms with Crippen molar-refractivity contribution in [3.8, 4) is 5.75 Å². The predicted octanol–water partition coefficient (Wildman–Crippen LogP) is 3.19. The highest BCUT2D eigenvalue weighted by atomic mass is 16.5. The zero-order chi connectivity index (χ0) is 17.5. The van der Waals surface area contributed by atoms with Gasteiger partial charge in [-0.2, -0.15) is 0 Å².